The number of nitrogens with two attached hydrogens (primary N) is 2. The van der Waals surface area contributed by atoms with Crippen molar-refractivity contribution in [2.24, 2.45) is 23.3 Å². The van der Waals surface area contributed by atoms with E-state index in [-0.39, 0.29) is 0 Å². The molecule has 0 radical (unpaired) electrons. The van der Waals surface area contributed by atoms with Crippen LogP contribution in [0.15, 0.2) is 18.2 Å². The van der Waals surface area contributed by atoms with Gasteiger partial charge in [-0.15, -0.1) is 0 Å². The zero-order valence-corrected chi connectivity index (χ0v) is 11.4. The maximum atomic E-state index is 11.3. The summed E-state index contributed by atoms with van der Waals surface area (Å²) in [5, 5.41) is 3.35. The van der Waals surface area contributed by atoms with Crippen LogP contribution in [-0.2, 0) is 0 Å². The molecule has 1 aromatic rings. The number of carbonyl (C=O) groups is 1. The predicted octanol–water partition coefficient (Wildman–Crippen LogP) is 1.74. The molecule has 1 atom stereocenters. The molecule has 5 N–H and O–H groups in total. The fourth-order valence-electron chi connectivity index (χ4n) is 1.93. The van der Waals surface area contributed by atoms with E-state index < -0.39 is 5.91 Å². The van der Waals surface area contributed by atoms with Crippen LogP contribution >= 0.6 is 0 Å². The van der Waals surface area contributed by atoms with Crippen LogP contribution in [0, 0.1) is 18.8 Å². The summed E-state index contributed by atoms with van der Waals surface area (Å²) in [7, 11) is 0. The average Bonchev–Trinajstić information content (AvgIpc) is 2.31. The van der Waals surface area contributed by atoms with Gasteiger partial charge >= 0.3 is 0 Å². The highest BCUT2D eigenvalue weighted by atomic mass is 16.1. The van der Waals surface area contributed by atoms with E-state index in [1.807, 2.05) is 19.1 Å². The van der Waals surface area contributed by atoms with Gasteiger partial charge in [-0.2, -0.15) is 0 Å². The van der Waals surface area contributed by atoms with Crippen LogP contribution in [0.25, 0.3) is 0 Å². The fraction of sp³-hybridized carbons (Fsp3) is 0.500. The number of rotatable bonds is 6. The lowest BCUT2D eigenvalue weighted by atomic mass is 9.95. The Kier molecular flexibility index (Phi) is 5.16. The molecule has 0 fully saturated rings. The molecule has 4 nitrogen and oxygen atoms in total. The van der Waals surface area contributed by atoms with Crippen molar-refractivity contribution >= 4 is 11.6 Å². The Morgan fingerprint density at radius 2 is 2.06 bits per heavy atom. The van der Waals surface area contributed by atoms with E-state index in [9.17, 15) is 4.79 Å². The third kappa shape index (κ3) is 3.47. The maximum Gasteiger partial charge on any atom is 0.249 e. The molecule has 100 valence electrons. The first-order valence-corrected chi connectivity index (χ1v) is 6.30. The second-order valence-corrected chi connectivity index (χ2v) is 4.96. The quantitative estimate of drug-likeness (QED) is 0.718. The zero-order valence-electron chi connectivity index (χ0n) is 11.4. The third-order valence-electron chi connectivity index (χ3n) is 3.40. The third-order valence-corrected chi connectivity index (χ3v) is 3.40. The molecule has 0 bridgehead atoms. The Balaban J connectivity index is 2.79. The SMILES string of the molecule is Cc1c(NCC(CN)C(C)C)cccc1C(N)=O. The van der Waals surface area contributed by atoms with Crippen molar-refractivity contribution < 1.29 is 4.79 Å². The first kappa shape index (κ1) is 14.5. The molecule has 0 spiro atoms. The number of anilines is 1. The molecule has 0 aromatic heterocycles. The molecule has 0 aliphatic rings. The van der Waals surface area contributed by atoms with Gasteiger partial charge in [0.05, 0.1) is 0 Å². The molecule has 0 heterocycles. The lowest BCUT2D eigenvalue weighted by Gasteiger charge is -2.21. The Morgan fingerprint density at radius 3 is 2.56 bits per heavy atom. The second-order valence-electron chi connectivity index (χ2n) is 4.96. The molecular formula is C14H23N3O. The van der Waals surface area contributed by atoms with Gasteiger partial charge in [0.15, 0.2) is 0 Å². The Bertz CT molecular complexity index is 416. The van der Waals surface area contributed by atoms with Gasteiger partial charge in [-0.25, -0.2) is 0 Å². The molecule has 0 saturated heterocycles. The molecular weight excluding hydrogens is 226 g/mol. The first-order chi connectivity index (χ1) is 8.47. The van der Waals surface area contributed by atoms with Crippen molar-refractivity contribution in [3.05, 3.63) is 29.3 Å². The predicted molar refractivity (Wildman–Crippen MR) is 75.6 cm³/mol. The van der Waals surface area contributed by atoms with Gasteiger partial charge in [-0.3, -0.25) is 4.79 Å². The first-order valence-electron chi connectivity index (χ1n) is 6.30. The molecule has 0 aliphatic heterocycles. The van der Waals surface area contributed by atoms with E-state index in [1.54, 1.807) is 6.07 Å². The van der Waals surface area contributed by atoms with E-state index >= 15 is 0 Å². The minimum atomic E-state index is -0.393. The number of benzene rings is 1. The molecule has 1 aromatic carbocycles. The van der Waals surface area contributed by atoms with Crippen molar-refractivity contribution in [3.8, 4) is 0 Å². The van der Waals surface area contributed by atoms with Crippen LogP contribution in [0.4, 0.5) is 5.69 Å². The Hall–Kier alpha value is -1.55. The summed E-state index contributed by atoms with van der Waals surface area (Å²) in [6.07, 6.45) is 0. The van der Waals surface area contributed by atoms with Crippen LogP contribution < -0.4 is 16.8 Å². The van der Waals surface area contributed by atoms with Gasteiger partial charge in [0.25, 0.3) is 0 Å². The van der Waals surface area contributed by atoms with Crippen molar-refractivity contribution in [2.45, 2.75) is 20.8 Å². The fourth-order valence-corrected chi connectivity index (χ4v) is 1.93. The van der Waals surface area contributed by atoms with Gasteiger partial charge in [-0.05, 0) is 43.0 Å². The van der Waals surface area contributed by atoms with Crippen molar-refractivity contribution in [3.63, 3.8) is 0 Å². The van der Waals surface area contributed by atoms with E-state index in [0.29, 0.717) is 23.9 Å². The van der Waals surface area contributed by atoms with Gasteiger partial charge in [0, 0.05) is 17.8 Å². The van der Waals surface area contributed by atoms with Crippen LogP contribution in [-0.4, -0.2) is 19.0 Å². The highest BCUT2D eigenvalue weighted by Gasteiger charge is 2.13. The monoisotopic (exact) mass is 249 g/mol. The van der Waals surface area contributed by atoms with E-state index in [2.05, 4.69) is 19.2 Å². The highest BCUT2D eigenvalue weighted by Crippen LogP contribution is 2.20. The summed E-state index contributed by atoms with van der Waals surface area (Å²) in [6.45, 7) is 7.67. The number of nitrogens with one attached hydrogen (secondary N) is 1. The molecule has 0 saturated carbocycles. The number of hydrogen-bond donors (Lipinski definition) is 3. The standard InChI is InChI=1S/C14H23N3O/c1-9(2)11(7-15)8-17-13-6-4-5-12(10(13)3)14(16)18/h4-6,9,11,17H,7-8,15H2,1-3H3,(H2,16,18). The minimum absolute atomic E-state index is 0.393. The summed E-state index contributed by atoms with van der Waals surface area (Å²) in [6, 6.07) is 5.53. The summed E-state index contributed by atoms with van der Waals surface area (Å²) in [5.74, 6) is 0.555. The van der Waals surface area contributed by atoms with Gasteiger partial charge in [0.1, 0.15) is 0 Å². The average molecular weight is 249 g/mol. The topological polar surface area (TPSA) is 81.1 Å². The summed E-state index contributed by atoms with van der Waals surface area (Å²) < 4.78 is 0. The van der Waals surface area contributed by atoms with Crippen LogP contribution in [0.2, 0.25) is 0 Å². The van der Waals surface area contributed by atoms with Crippen molar-refractivity contribution in [2.75, 3.05) is 18.4 Å². The molecule has 1 unspecified atom stereocenters. The normalized spacial score (nSPS) is 12.5. The lowest BCUT2D eigenvalue weighted by molar-refractivity contribution is 0.1000. The number of amides is 1. The largest absolute Gasteiger partial charge is 0.384 e. The summed E-state index contributed by atoms with van der Waals surface area (Å²) in [5.41, 5.74) is 13.5. The van der Waals surface area contributed by atoms with Crippen molar-refractivity contribution in [1.29, 1.82) is 0 Å². The number of carbonyl (C=O) groups excluding carboxylic acids is 1. The summed E-state index contributed by atoms with van der Waals surface area (Å²) in [4.78, 5) is 11.3. The molecule has 0 aliphatic carbocycles. The van der Waals surface area contributed by atoms with E-state index in [4.69, 9.17) is 11.5 Å². The molecule has 1 amide bonds. The van der Waals surface area contributed by atoms with E-state index in [0.717, 1.165) is 17.8 Å². The highest BCUT2D eigenvalue weighted by molar-refractivity contribution is 5.95. The molecule has 18 heavy (non-hydrogen) atoms. The van der Waals surface area contributed by atoms with Crippen LogP contribution in [0.3, 0.4) is 0 Å². The minimum Gasteiger partial charge on any atom is -0.384 e. The van der Waals surface area contributed by atoms with E-state index in [1.165, 1.54) is 0 Å². The van der Waals surface area contributed by atoms with Crippen LogP contribution in [0.5, 0.6) is 0 Å². The van der Waals surface area contributed by atoms with Gasteiger partial charge < -0.3 is 16.8 Å². The Morgan fingerprint density at radius 1 is 1.39 bits per heavy atom. The summed E-state index contributed by atoms with van der Waals surface area (Å²) >= 11 is 0. The van der Waals surface area contributed by atoms with Gasteiger partial charge in [0.2, 0.25) is 5.91 Å². The maximum absolute atomic E-state index is 11.3. The van der Waals surface area contributed by atoms with Gasteiger partial charge in [-0.1, -0.05) is 19.9 Å². The molecule has 1 rings (SSSR count). The Labute approximate surface area is 109 Å². The second kappa shape index (κ2) is 6.40. The number of hydrogen-bond acceptors (Lipinski definition) is 3. The zero-order chi connectivity index (χ0) is 13.7. The molecule has 4 heteroatoms. The lowest BCUT2D eigenvalue weighted by Crippen LogP contribution is -2.27. The van der Waals surface area contributed by atoms with Crippen molar-refractivity contribution in [1.82, 2.24) is 0 Å². The van der Waals surface area contributed by atoms with Crippen LogP contribution in [0.1, 0.15) is 29.8 Å². The number of primary amides is 1. The smallest absolute Gasteiger partial charge is 0.249 e.